The number of hydrogen-bond acceptors (Lipinski definition) is 9. The Labute approximate surface area is 158 Å². The number of ether oxygens (including phenoxy) is 1. The summed E-state index contributed by atoms with van der Waals surface area (Å²) in [6, 6.07) is 4.19. The van der Waals surface area contributed by atoms with Crippen LogP contribution in [-0.4, -0.2) is 38.5 Å². The lowest BCUT2D eigenvalue weighted by Crippen LogP contribution is -2.20. The first-order valence-electron chi connectivity index (χ1n) is 8.00. The molecular weight excluding hydrogens is 372 g/mol. The second-order valence-corrected chi connectivity index (χ2v) is 7.41. The third kappa shape index (κ3) is 5.20. The zero-order valence-corrected chi connectivity index (χ0v) is 15.9. The molecule has 2 N–H and O–H groups in total. The smallest absolute Gasteiger partial charge is 0.322 e. The zero-order chi connectivity index (χ0) is 18.4. The van der Waals surface area contributed by atoms with Gasteiger partial charge in [0.2, 0.25) is 11.8 Å². The third-order valence-corrected chi connectivity index (χ3v) is 4.67. The minimum absolute atomic E-state index is 0.0236. The molecule has 3 rings (SSSR count). The minimum Gasteiger partial charge on any atom is -0.461 e. The van der Waals surface area contributed by atoms with Crippen molar-refractivity contribution < 1.29 is 9.53 Å². The molecule has 0 unspecified atom stereocenters. The second-order valence-electron chi connectivity index (χ2n) is 5.48. The Morgan fingerprint density at radius 2 is 2.12 bits per heavy atom. The number of thiazole rings is 1. The maximum atomic E-state index is 12.4. The Balaban J connectivity index is 1.73. The quantitative estimate of drug-likeness (QED) is 0.609. The van der Waals surface area contributed by atoms with E-state index in [-0.39, 0.29) is 17.9 Å². The number of carbonyl (C=O) groups is 1. The first-order valence-corrected chi connectivity index (χ1v) is 9.76. The molecule has 0 radical (unpaired) electrons. The van der Waals surface area contributed by atoms with Crippen LogP contribution in [0.5, 0.6) is 6.01 Å². The second kappa shape index (κ2) is 8.68. The van der Waals surface area contributed by atoms with Crippen LogP contribution in [-0.2, 0) is 6.42 Å². The predicted molar refractivity (Wildman–Crippen MR) is 102 cm³/mol. The van der Waals surface area contributed by atoms with Crippen molar-refractivity contribution in [2.75, 3.05) is 17.2 Å². The molecule has 10 heteroatoms. The molecule has 0 aliphatic rings. The van der Waals surface area contributed by atoms with Crippen LogP contribution in [0.15, 0.2) is 29.1 Å². The highest BCUT2D eigenvalue weighted by atomic mass is 32.1. The van der Waals surface area contributed by atoms with Crippen molar-refractivity contribution in [3.8, 4) is 6.01 Å². The number of thiophene rings is 1. The molecule has 8 nitrogen and oxygen atoms in total. The molecule has 0 bridgehead atoms. The molecule has 0 saturated heterocycles. The molecule has 1 amide bonds. The summed E-state index contributed by atoms with van der Waals surface area (Å²) in [4.78, 5) is 30.2. The summed E-state index contributed by atoms with van der Waals surface area (Å²) in [5.74, 6) is -0.182. The van der Waals surface area contributed by atoms with Crippen LogP contribution in [0.4, 0.5) is 11.1 Å². The lowest BCUT2D eigenvalue weighted by molar-refractivity contribution is 0.101. The number of anilines is 2. The van der Waals surface area contributed by atoms with Gasteiger partial charge in [-0.3, -0.25) is 10.1 Å². The van der Waals surface area contributed by atoms with Crippen molar-refractivity contribution >= 4 is 39.7 Å². The van der Waals surface area contributed by atoms with E-state index in [1.165, 1.54) is 16.2 Å². The zero-order valence-electron chi connectivity index (χ0n) is 14.3. The summed E-state index contributed by atoms with van der Waals surface area (Å²) in [6.45, 7) is 4.37. The van der Waals surface area contributed by atoms with E-state index in [0.29, 0.717) is 17.6 Å². The van der Waals surface area contributed by atoms with Crippen LogP contribution in [0, 0.1) is 0 Å². The van der Waals surface area contributed by atoms with Gasteiger partial charge in [0.15, 0.2) is 5.13 Å². The van der Waals surface area contributed by atoms with Crippen molar-refractivity contribution in [1.29, 1.82) is 0 Å². The Bertz CT molecular complexity index is 837. The third-order valence-electron chi connectivity index (χ3n) is 3.05. The first kappa shape index (κ1) is 18.2. The highest BCUT2D eigenvalue weighted by molar-refractivity contribution is 7.13. The Kier molecular flexibility index (Phi) is 6.08. The number of amides is 1. The topological polar surface area (TPSA) is 102 Å². The predicted octanol–water partition coefficient (Wildman–Crippen LogP) is 3.08. The summed E-state index contributed by atoms with van der Waals surface area (Å²) in [5.41, 5.74) is 0. The normalized spacial score (nSPS) is 10.7. The average Bonchev–Trinajstić information content (AvgIpc) is 3.28. The van der Waals surface area contributed by atoms with Crippen molar-refractivity contribution in [1.82, 2.24) is 19.9 Å². The fourth-order valence-electron chi connectivity index (χ4n) is 1.99. The number of carbonyl (C=O) groups excluding carboxylic acids is 1. The molecule has 0 spiro atoms. The Morgan fingerprint density at radius 1 is 1.23 bits per heavy atom. The summed E-state index contributed by atoms with van der Waals surface area (Å²) >= 11 is 3.01. The molecule has 0 aromatic carbocycles. The molecule has 3 aromatic heterocycles. The Morgan fingerprint density at radius 3 is 2.81 bits per heavy atom. The number of nitrogens with one attached hydrogen (secondary N) is 2. The molecule has 0 saturated carbocycles. The van der Waals surface area contributed by atoms with Crippen LogP contribution in [0.3, 0.4) is 0 Å². The van der Waals surface area contributed by atoms with Gasteiger partial charge in [0, 0.05) is 23.0 Å². The SMILES string of the molecule is CC(C)Oc1nc(NCCc2cccs2)nc(C(=O)Nc2nccs2)n1. The van der Waals surface area contributed by atoms with Crippen LogP contribution < -0.4 is 15.4 Å². The summed E-state index contributed by atoms with van der Waals surface area (Å²) < 4.78 is 5.54. The van der Waals surface area contributed by atoms with Crippen molar-refractivity contribution in [2.24, 2.45) is 0 Å². The molecule has 26 heavy (non-hydrogen) atoms. The molecule has 0 atom stereocenters. The van der Waals surface area contributed by atoms with Gasteiger partial charge in [0.1, 0.15) is 0 Å². The first-order chi connectivity index (χ1) is 12.6. The Hall–Kier alpha value is -2.59. The van der Waals surface area contributed by atoms with Gasteiger partial charge in [0.25, 0.3) is 5.91 Å². The monoisotopic (exact) mass is 390 g/mol. The molecule has 0 aliphatic carbocycles. The highest BCUT2D eigenvalue weighted by Gasteiger charge is 2.16. The van der Waals surface area contributed by atoms with Crippen LogP contribution >= 0.6 is 22.7 Å². The number of nitrogens with zero attached hydrogens (tertiary/aromatic N) is 4. The van der Waals surface area contributed by atoms with Crippen LogP contribution in [0.2, 0.25) is 0 Å². The van der Waals surface area contributed by atoms with Gasteiger partial charge in [-0.25, -0.2) is 4.98 Å². The number of hydrogen-bond donors (Lipinski definition) is 2. The summed E-state index contributed by atoms with van der Waals surface area (Å²) in [7, 11) is 0. The molecule has 0 aliphatic heterocycles. The maximum Gasteiger partial charge on any atom is 0.322 e. The molecule has 136 valence electrons. The fraction of sp³-hybridized carbons (Fsp3) is 0.312. The number of rotatable bonds is 8. The molecule has 3 heterocycles. The van der Waals surface area contributed by atoms with Crippen molar-refractivity contribution in [3.63, 3.8) is 0 Å². The largest absolute Gasteiger partial charge is 0.461 e. The lowest BCUT2D eigenvalue weighted by Gasteiger charge is -2.11. The molecule has 3 aromatic rings. The van der Waals surface area contributed by atoms with Gasteiger partial charge in [-0.1, -0.05) is 6.07 Å². The van der Waals surface area contributed by atoms with E-state index >= 15 is 0 Å². The summed E-state index contributed by atoms with van der Waals surface area (Å²) in [6.07, 6.45) is 2.33. The molecular formula is C16H18N6O2S2. The average molecular weight is 390 g/mol. The minimum atomic E-state index is -0.461. The van der Waals surface area contributed by atoms with Gasteiger partial charge in [-0.05, 0) is 31.7 Å². The van der Waals surface area contributed by atoms with E-state index in [9.17, 15) is 4.79 Å². The fourth-order valence-corrected chi connectivity index (χ4v) is 3.22. The van der Waals surface area contributed by atoms with Crippen molar-refractivity contribution in [2.45, 2.75) is 26.4 Å². The van der Waals surface area contributed by atoms with Crippen molar-refractivity contribution in [3.05, 3.63) is 39.8 Å². The van der Waals surface area contributed by atoms with Crippen LogP contribution in [0.1, 0.15) is 29.3 Å². The molecule has 0 fully saturated rings. The highest BCUT2D eigenvalue weighted by Crippen LogP contribution is 2.14. The standard InChI is InChI=1S/C16H18N6O2S2/c1-10(2)24-15-20-12(13(23)21-16-18-7-9-26-16)19-14(22-15)17-6-5-11-4-3-8-25-11/h3-4,7-10H,5-6H2,1-2H3,(H,18,21,23)(H,17,19,20,22). The van der Waals surface area contributed by atoms with E-state index < -0.39 is 5.91 Å². The van der Waals surface area contributed by atoms with Gasteiger partial charge in [-0.2, -0.15) is 15.0 Å². The van der Waals surface area contributed by atoms with E-state index in [2.05, 4.69) is 36.6 Å². The van der Waals surface area contributed by atoms with E-state index in [1.54, 1.807) is 22.9 Å². The lowest BCUT2D eigenvalue weighted by atomic mass is 10.3. The van der Waals surface area contributed by atoms with Gasteiger partial charge >= 0.3 is 6.01 Å². The van der Waals surface area contributed by atoms with Gasteiger partial charge in [0.05, 0.1) is 6.10 Å². The van der Waals surface area contributed by atoms with E-state index in [1.807, 2.05) is 25.3 Å². The van der Waals surface area contributed by atoms with Crippen LogP contribution in [0.25, 0.3) is 0 Å². The number of aromatic nitrogens is 4. The van der Waals surface area contributed by atoms with Gasteiger partial charge in [-0.15, -0.1) is 22.7 Å². The van der Waals surface area contributed by atoms with E-state index in [0.717, 1.165) is 6.42 Å². The van der Waals surface area contributed by atoms with E-state index in [4.69, 9.17) is 4.74 Å². The van der Waals surface area contributed by atoms with Gasteiger partial charge < -0.3 is 10.1 Å². The maximum absolute atomic E-state index is 12.4. The summed E-state index contributed by atoms with van der Waals surface area (Å²) in [5, 5.41) is 10.1.